The molecule has 0 bridgehead atoms. The summed E-state index contributed by atoms with van der Waals surface area (Å²) >= 11 is 1.77. The maximum Gasteiger partial charge on any atom is 0.306 e. The Labute approximate surface area is 69.8 Å². The first-order chi connectivity index (χ1) is 5.12. The summed E-state index contributed by atoms with van der Waals surface area (Å²) < 4.78 is 0. The van der Waals surface area contributed by atoms with Crippen molar-refractivity contribution in [2.45, 2.75) is 24.9 Å². The fourth-order valence-electron chi connectivity index (χ4n) is 1.21. The van der Waals surface area contributed by atoms with Crippen molar-refractivity contribution in [1.29, 1.82) is 0 Å². The molecule has 11 heavy (non-hydrogen) atoms. The van der Waals surface area contributed by atoms with Crippen molar-refractivity contribution in [2.75, 3.05) is 11.5 Å². The lowest BCUT2D eigenvalue weighted by Crippen LogP contribution is -2.35. The summed E-state index contributed by atoms with van der Waals surface area (Å²) in [6.45, 7) is 0. The van der Waals surface area contributed by atoms with Crippen LogP contribution in [0.25, 0.3) is 0 Å². The van der Waals surface area contributed by atoms with Crippen molar-refractivity contribution >= 4 is 17.7 Å². The Morgan fingerprint density at radius 1 is 1.45 bits per heavy atom. The molecule has 0 radical (unpaired) electrons. The standard InChI is InChI=1S/C7H12O3S/c8-6(9)5-7(10)1-3-11-4-2-7/h10H,1-5H2,(H,8,9). The second-order valence-corrected chi connectivity index (χ2v) is 4.13. The molecule has 0 unspecified atom stereocenters. The summed E-state index contributed by atoms with van der Waals surface area (Å²) in [5, 5.41) is 18.1. The monoisotopic (exact) mass is 176 g/mol. The number of carbonyl (C=O) groups is 1. The second-order valence-electron chi connectivity index (χ2n) is 2.91. The van der Waals surface area contributed by atoms with Gasteiger partial charge in [0.05, 0.1) is 12.0 Å². The van der Waals surface area contributed by atoms with Gasteiger partial charge in [-0.25, -0.2) is 0 Å². The first-order valence-electron chi connectivity index (χ1n) is 3.64. The molecule has 0 aromatic heterocycles. The minimum absolute atomic E-state index is 0.104. The van der Waals surface area contributed by atoms with E-state index in [4.69, 9.17) is 5.11 Å². The molecule has 0 aliphatic carbocycles. The van der Waals surface area contributed by atoms with Crippen LogP contribution in [0.4, 0.5) is 0 Å². The lowest BCUT2D eigenvalue weighted by molar-refractivity contribution is -0.142. The smallest absolute Gasteiger partial charge is 0.306 e. The quantitative estimate of drug-likeness (QED) is 0.651. The SMILES string of the molecule is O=C(O)CC1(O)CCSCC1. The van der Waals surface area contributed by atoms with E-state index in [-0.39, 0.29) is 6.42 Å². The van der Waals surface area contributed by atoms with E-state index in [1.165, 1.54) is 0 Å². The van der Waals surface area contributed by atoms with Crippen LogP contribution < -0.4 is 0 Å². The summed E-state index contributed by atoms with van der Waals surface area (Å²) in [6, 6.07) is 0. The third-order valence-corrected chi connectivity index (χ3v) is 2.89. The highest BCUT2D eigenvalue weighted by molar-refractivity contribution is 7.99. The maximum atomic E-state index is 10.3. The van der Waals surface area contributed by atoms with Gasteiger partial charge in [0, 0.05) is 0 Å². The van der Waals surface area contributed by atoms with E-state index in [0.29, 0.717) is 12.8 Å². The van der Waals surface area contributed by atoms with Gasteiger partial charge in [0.2, 0.25) is 0 Å². The molecule has 0 amide bonds. The average molecular weight is 176 g/mol. The van der Waals surface area contributed by atoms with Crippen molar-refractivity contribution in [3.63, 3.8) is 0 Å². The van der Waals surface area contributed by atoms with Gasteiger partial charge in [-0.1, -0.05) is 0 Å². The summed E-state index contributed by atoms with van der Waals surface area (Å²) in [5.41, 5.74) is -0.920. The van der Waals surface area contributed by atoms with E-state index in [1.54, 1.807) is 11.8 Å². The molecule has 0 aromatic rings. The maximum absolute atomic E-state index is 10.3. The normalized spacial score (nSPS) is 23.0. The predicted octanol–water partition coefficient (Wildman–Crippen LogP) is 0.719. The van der Waals surface area contributed by atoms with Gasteiger partial charge in [-0.05, 0) is 24.3 Å². The van der Waals surface area contributed by atoms with Crippen LogP contribution in [-0.4, -0.2) is 33.3 Å². The molecular weight excluding hydrogens is 164 g/mol. The van der Waals surface area contributed by atoms with Crippen molar-refractivity contribution in [1.82, 2.24) is 0 Å². The highest BCUT2D eigenvalue weighted by Crippen LogP contribution is 2.29. The highest BCUT2D eigenvalue weighted by atomic mass is 32.2. The topological polar surface area (TPSA) is 57.5 Å². The van der Waals surface area contributed by atoms with E-state index in [0.717, 1.165) is 11.5 Å². The van der Waals surface area contributed by atoms with Gasteiger partial charge in [-0.15, -0.1) is 0 Å². The third kappa shape index (κ3) is 2.71. The largest absolute Gasteiger partial charge is 0.481 e. The number of rotatable bonds is 2. The van der Waals surface area contributed by atoms with Crippen molar-refractivity contribution in [2.24, 2.45) is 0 Å². The molecular formula is C7H12O3S. The van der Waals surface area contributed by atoms with Gasteiger partial charge in [0.25, 0.3) is 0 Å². The summed E-state index contributed by atoms with van der Waals surface area (Å²) in [5.74, 6) is 0.854. The van der Waals surface area contributed by atoms with Crippen molar-refractivity contribution < 1.29 is 15.0 Å². The van der Waals surface area contributed by atoms with Gasteiger partial charge < -0.3 is 10.2 Å². The molecule has 0 saturated carbocycles. The number of aliphatic hydroxyl groups is 1. The van der Waals surface area contributed by atoms with E-state index in [1.807, 2.05) is 0 Å². The summed E-state index contributed by atoms with van der Waals surface area (Å²) in [6.07, 6.45) is 1.13. The van der Waals surface area contributed by atoms with Crippen LogP contribution in [0.5, 0.6) is 0 Å². The number of hydrogen-bond acceptors (Lipinski definition) is 3. The van der Waals surface area contributed by atoms with E-state index < -0.39 is 11.6 Å². The Bertz CT molecular complexity index is 152. The molecule has 1 heterocycles. The first-order valence-corrected chi connectivity index (χ1v) is 4.80. The number of carboxylic acid groups (broad SMARTS) is 1. The molecule has 1 fully saturated rings. The zero-order valence-corrected chi connectivity index (χ0v) is 7.06. The number of aliphatic carboxylic acids is 1. The van der Waals surface area contributed by atoms with Gasteiger partial charge in [0.1, 0.15) is 0 Å². The molecule has 64 valence electrons. The van der Waals surface area contributed by atoms with E-state index in [9.17, 15) is 9.90 Å². The molecule has 4 heteroatoms. The molecule has 0 aromatic carbocycles. The number of hydrogen-bond donors (Lipinski definition) is 2. The highest BCUT2D eigenvalue weighted by Gasteiger charge is 2.31. The zero-order valence-electron chi connectivity index (χ0n) is 6.25. The van der Waals surface area contributed by atoms with E-state index in [2.05, 4.69) is 0 Å². The zero-order chi connectivity index (χ0) is 8.32. The Hall–Kier alpha value is -0.220. The van der Waals surface area contributed by atoms with Crippen LogP contribution in [0.2, 0.25) is 0 Å². The predicted molar refractivity (Wildman–Crippen MR) is 43.8 cm³/mol. The molecule has 3 nitrogen and oxygen atoms in total. The Morgan fingerprint density at radius 2 is 2.00 bits per heavy atom. The Balaban J connectivity index is 2.43. The summed E-state index contributed by atoms with van der Waals surface area (Å²) in [7, 11) is 0. The van der Waals surface area contributed by atoms with Crippen molar-refractivity contribution in [3.8, 4) is 0 Å². The second kappa shape index (κ2) is 3.45. The van der Waals surface area contributed by atoms with Crippen LogP contribution in [0.1, 0.15) is 19.3 Å². The fourth-order valence-corrected chi connectivity index (χ4v) is 2.46. The van der Waals surface area contributed by atoms with Crippen LogP contribution in [0.15, 0.2) is 0 Å². The molecule has 1 rings (SSSR count). The van der Waals surface area contributed by atoms with Crippen molar-refractivity contribution in [3.05, 3.63) is 0 Å². The van der Waals surface area contributed by atoms with Crippen LogP contribution >= 0.6 is 11.8 Å². The molecule has 0 atom stereocenters. The third-order valence-electron chi connectivity index (χ3n) is 1.90. The Morgan fingerprint density at radius 3 is 2.45 bits per heavy atom. The van der Waals surface area contributed by atoms with Gasteiger partial charge in [0.15, 0.2) is 0 Å². The van der Waals surface area contributed by atoms with E-state index >= 15 is 0 Å². The first kappa shape index (κ1) is 8.87. The molecule has 1 aliphatic heterocycles. The number of carboxylic acids is 1. The lowest BCUT2D eigenvalue weighted by atomic mass is 9.93. The van der Waals surface area contributed by atoms with Gasteiger partial charge >= 0.3 is 5.97 Å². The van der Waals surface area contributed by atoms with Crippen LogP contribution in [0.3, 0.4) is 0 Å². The average Bonchev–Trinajstić information content (AvgIpc) is 1.85. The molecule has 2 N–H and O–H groups in total. The lowest BCUT2D eigenvalue weighted by Gasteiger charge is -2.29. The minimum Gasteiger partial charge on any atom is -0.481 e. The molecule has 1 aliphatic rings. The summed E-state index contributed by atoms with van der Waals surface area (Å²) in [4.78, 5) is 10.3. The molecule has 0 spiro atoms. The number of thioether (sulfide) groups is 1. The fraction of sp³-hybridized carbons (Fsp3) is 0.857. The van der Waals surface area contributed by atoms with Crippen LogP contribution in [-0.2, 0) is 4.79 Å². The molecule has 1 saturated heterocycles. The van der Waals surface area contributed by atoms with Crippen LogP contribution in [0, 0.1) is 0 Å². The van der Waals surface area contributed by atoms with Gasteiger partial charge in [-0.3, -0.25) is 4.79 Å². The Kier molecular flexibility index (Phi) is 2.78. The minimum atomic E-state index is -0.920. The van der Waals surface area contributed by atoms with Gasteiger partial charge in [-0.2, -0.15) is 11.8 Å².